The third kappa shape index (κ3) is 4.18. The molecule has 1 amide bonds. The van der Waals surface area contributed by atoms with Gasteiger partial charge in [0.25, 0.3) is 0 Å². The van der Waals surface area contributed by atoms with Gasteiger partial charge in [-0.2, -0.15) is 0 Å². The number of aromatic nitrogens is 3. The van der Waals surface area contributed by atoms with Crippen LogP contribution in [0.2, 0.25) is 5.02 Å². The van der Waals surface area contributed by atoms with Crippen molar-refractivity contribution in [2.75, 3.05) is 5.75 Å². The van der Waals surface area contributed by atoms with E-state index in [0.29, 0.717) is 16.0 Å². The van der Waals surface area contributed by atoms with Crippen molar-refractivity contribution < 1.29 is 9.21 Å². The van der Waals surface area contributed by atoms with Crippen LogP contribution in [0.25, 0.3) is 11.4 Å². The van der Waals surface area contributed by atoms with Crippen LogP contribution in [0.1, 0.15) is 18.7 Å². The molecule has 0 aliphatic rings. The van der Waals surface area contributed by atoms with E-state index >= 15 is 0 Å². The number of amides is 1. The van der Waals surface area contributed by atoms with Gasteiger partial charge >= 0.3 is 0 Å². The Bertz CT molecular complexity index is 802. The van der Waals surface area contributed by atoms with Gasteiger partial charge in [-0.1, -0.05) is 23.4 Å². The van der Waals surface area contributed by atoms with Gasteiger partial charge in [-0.15, -0.1) is 5.10 Å². The van der Waals surface area contributed by atoms with Crippen molar-refractivity contribution >= 4 is 29.3 Å². The number of halogens is 1. The number of rotatable bonds is 6. The van der Waals surface area contributed by atoms with E-state index < -0.39 is 0 Å². The van der Waals surface area contributed by atoms with E-state index in [1.165, 1.54) is 11.8 Å². The van der Waals surface area contributed by atoms with Crippen LogP contribution < -0.4 is 5.32 Å². The number of carbonyl (C=O) groups excluding carboxylic acids is 1. The summed E-state index contributed by atoms with van der Waals surface area (Å²) < 4.78 is 5.26. The van der Waals surface area contributed by atoms with Gasteiger partial charge in [0, 0.05) is 10.6 Å². The maximum atomic E-state index is 12.0. The van der Waals surface area contributed by atoms with Gasteiger partial charge in [-0.25, -0.2) is 4.98 Å². The van der Waals surface area contributed by atoms with E-state index in [-0.39, 0.29) is 17.7 Å². The van der Waals surface area contributed by atoms with Crippen molar-refractivity contribution in [3.63, 3.8) is 0 Å². The predicted octanol–water partition coefficient (Wildman–Crippen LogP) is 3.69. The van der Waals surface area contributed by atoms with E-state index in [1.54, 1.807) is 24.5 Å². The first-order valence-corrected chi connectivity index (χ1v) is 8.62. The maximum absolute atomic E-state index is 12.0. The van der Waals surface area contributed by atoms with Gasteiger partial charge in [0.05, 0.1) is 18.1 Å². The highest BCUT2D eigenvalue weighted by molar-refractivity contribution is 7.99. The van der Waals surface area contributed by atoms with E-state index in [2.05, 4.69) is 20.5 Å². The minimum Gasteiger partial charge on any atom is -0.467 e. The van der Waals surface area contributed by atoms with E-state index in [1.807, 2.05) is 25.1 Å². The molecule has 2 heterocycles. The van der Waals surface area contributed by atoms with Crippen molar-refractivity contribution in [2.45, 2.75) is 18.1 Å². The zero-order valence-electron chi connectivity index (χ0n) is 12.8. The smallest absolute Gasteiger partial charge is 0.231 e. The third-order valence-corrected chi connectivity index (χ3v) is 4.36. The third-order valence-electron chi connectivity index (χ3n) is 3.26. The fourth-order valence-electron chi connectivity index (χ4n) is 2.07. The standard InChI is InChI=1S/C16H15ClN4O2S/c1-10(13-3-2-8-23-13)18-14(22)9-24-16-19-15(20-21-16)11-4-6-12(17)7-5-11/h2-8,10H,9H2,1H3,(H,18,22)(H,19,20,21). The summed E-state index contributed by atoms with van der Waals surface area (Å²) in [5, 5.41) is 11.0. The molecule has 2 aromatic heterocycles. The second kappa shape index (κ2) is 7.55. The van der Waals surface area contributed by atoms with E-state index in [0.717, 1.165) is 11.3 Å². The SMILES string of the molecule is CC(NC(=O)CSc1n[nH]c(-c2ccc(Cl)cc2)n1)c1ccco1. The lowest BCUT2D eigenvalue weighted by atomic mass is 10.2. The molecule has 3 rings (SSSR count). The number of nitrogens with one attached hydrogen (secondary N) is 2. The molecule has 2 N–H and O–H groups in total. The van der Waals surface area contributed by atoms with Crippen LogP contribution in [0.3, 0.4) is 0 Å². The van der Waals surface area contributed by atoms with Gasteiger partial charge < -0.3 is 9.73 Å². The van der Waals surface area contributed by atoms with Crippen LogP contribution in [0, 0.1) is 0 Å². The number of hydrogen-bond acceptors (Lipinski definition) is 5. The number of aromatic amines is 1. The lowest BCUT2D eigenvalue weighted by molar-refractivity contribution is -0.119. The zero-order chi connectivity index (χ0) is 16.9. The highest BCUT2D eigenvalue weighted by Crippen LogP contribution is 2.21. The van der Waals surface area contributed by atoms with Crippen molar-refractivity contribution in [3.05, 3.63) is 53.4 Å². The average molecular weight is 363 g/mol. The molecule has 6 nitrogen and oxygen atoms in total. The Labute approximate surface area is 148 Å². The molecule has 0 aliphatic heterocycles. The minimum absolute atomic E-state index is 0.109. The molecule has 124 valence electrons. The summed E-state index contributed by atoms with van der Waals surface area (Å²) in [6.07, 6.45) is 1.58. The minimum atomic E-state index is -0.176. The first-order valence-electron chi connectivity index (χ1n) is 7.26. The zero-order valence-corrected chi connectivity index (χ0v) is 14.4. The lowest BCUT2D eigenvalue weighted by Gasteiger charge is -2.10. The van der Waals surface area contributed by atoms with Gasteiger partial charge in [0.2, 0.25) is 11.1 Å². The summed E-state index contributed by atoms with van der Waals surface area (Å²) in [4.78, 5) is 16.3. The number of H-pyrrole nitrogens is 1. The molecule has 0 bridgehead atoms. The molecule has 1 atom stereocenters. The molecule has 0 saturated heterocycles. The molecule has 0 spiro atoms. The number of carbonyl (C=O) groups is 1. The maximum Gasteiger partial charge on any atom is 0.231 e. The van der Waals surface area contributed by atoms with E-state index in [9.17, 15) is 4.79 Å². The van der Waals surface area contributed by atoms with Crippen LogP contribution >= 0.6 is 23.4 Å². The molecule has 0 fully saturated rings. The lowest BCUT2D eigenvalue weighted by Crippen LogP contribution is -2.27. The van der Waals surface area contributed by atoms with Gasteiger partial charge in [0.1, 0.15) is 5.76 Å². The molecule has 3 aromatic rings. The Balaban J connectivity index is 1.53. The molecule has 0 aliphatic carbocycles. The van der Waals surface area contributed by atoms with Crippen LogP contribution in [-0.2, 0) is 4.79 Å². The number of benzene rings is 1. The largest absolute Gasteiger partial charge is 0.467 e. The van der Waals surface area contributed by atoms with Crippen molar-refractivity contribution in [1.82, 2.24) is 20.5 Å². The Kier molecular flexibility index (Phi) is 5.22. The molecule has 0 saturated carbocycles. The Morgan fingerprint density at radius 3 is 2.88 bits per heavy atom. The van der Waals surface area contributed by atoms with Crippen LogP contribution in [-0.4, -0.2) is 26.8 Å². The Morgan fingerprint density at radius 2 is 2.17 bits per heavy atom. The topological polar surface area (TPSA) is 83.8 Å². The molecule has 8 heteroatoms. The molecule has 0 radical (unpaired) electrons. The quantitative estimate of drug-likeness (QED) is 0.653. The molecular formula is C16H15ClN4O2S. The Morgan fingerprint density at radius 1 is 1.38 bits per heavy atom. The first-order chi connectivity index (χ1) is 11.6. The summed E-state index contributed by atoms with van der Waals surface area (Å²) in [7, 11) is 0. The summed E-state index contributed by atoms with van der Waals surface area (Å²) >= 11 is 7.13. The highest BCUT2D eigenvalue weighted by atomic mass is 35.5. The fraction of sp³-hybridized carbons (Fsp3) is 0.188. The monoisotopic (exact) mass is 362 g/mol. The normalized spacial score (nSPS) is 12.1. The summed E-state index contributed by atoms with van der Waals surface area (Å²) in [6, 6.07) is 10.7. The van der Waals surface area contributed by atoms with Crippen molar-refractivity contribution in [3.8, 4) is 11.4 Å². The average Bonchev–Trinajstić information content (AvgIpc) is 3.25. The summed E-state index contributed by atoms with van der Waals surface area (Å²) in [6.45, 7) is 1.87. The number of nitrogens with zero attached hydrogens (tertiary/aromatic N) is 2. The summed E-state index contributed by atoms with van der Waals surface area (Å²) in [5.74, 6) is 1.47. The first kappa shape index (κ1) is 16.6. The van der Waals surface area contributed by atoms with Gasteiger partial charge in [-0.3, -0.25) is 9.89 Å². The molecule has 24 heavy (non-hydrogen) atoms. The van der Waals surface area contributed by atoms with Crippen LogP contribution in [0.15, 0.2) is 52.2 Å². The second-order valence-electron chi connectivity index (χ2n) is 5.07. The number of furan rings is 1. The van der Waals surface area contributed by atoms with Crippen molar-refractivity contribution in [1.29, 1.82) is 0 Å². The fourth-order valence-corrected chi connectivity index (χ4v) is 2.81. The van der Waals surface area contributed by atoms with Gasteiger partial charge in [-0.05, 0) is 43.3 Å². The van der Waals surface area contributed by atoms with Gasteiger partial charge in [0.15, 0.2) is 5.82 Å². The second-order valence-corrected chi connectivity index (χ2v) is 6.45. The summed E-state index contributed by atoms with van der Waals surface area (Å²) in [5.41, 5.74) is 0.884. The Hall–Kier alpha value is -2.25. The van der Waals surface area contributed by atoms with Crippen LogP contribution in [0.5, 0.6) is 0 Å². The highest BCUT2D eigenvalue weighted by Gasteiger charge is 2.13. The van der Waals surface area contributed by atoms with E-state index in [4.69, 9.17) is 16.0 Å². The number of hydrogen-bond donors (Lipinski definition) is 2. The van der Waals surface area contributed by atoms with Crippen molar-refractivity contribution in [2.24, 2.45) is 0 Å². The predicted molar refractivity (Wildman–Crippen MR) is 92.8 cm³/mol. The number of thioether (sulfide) groups is 1. The molecule has 1 aromatic carbocycles. The molecule has 1 unspecified atom stereocenters. The molecular weight excluding hydrogens is 348 g/mol. The van der Waals surface area contributed by atoms with Crippen LogP contribution in [0.4, 0.5) is 0 Å².